The molecule has 0 aliphatic carbocycles. The SMILES string of the molecule is Cc1nc(Nc2ccc(NC(=O)c3cccc(C#N)c3)cc2)cc(-n2ccnc2)n1. The second-order valence-electron chi connectivity index (χ2n) is 6.48. The molecule has 4 aromatic rings. The molecule has 2 heterocycles. The summed E-state index contributed by atoms with van der Waals surface area (Å²) in [7, 11) is 0. The third-order valence-corrected chi connectivity index (χ3v) is 4.26. The van der Waals surface area contributed by atoms with Gasteiger partial charge in [-0.05, 0) is 49.4 Å². The van der Waals surface area contributed by atoms with Crippen LogP contribution in [0.4, 0.5) is 17.2 Å². The normalized spacial score (nSPS) is 10.3. The summed E-state index contributed by atoms with van der Waals surface area (Å²) in [5.74, 6) is 1.72. The van der Waals surface area contributed by atoms with Crippen LogP contribution in [0.15, 0.2) is 73.3 Å². The summed E-state index contributed by atoms with van der Waals surface area (Å²) in [6, 6.07) is 17.7. The fraction of sp³-hybridized carbons (Fsp3) is 0.0455. The molecule has 1 amide bonds. The number of nitriles is 1. The fourth-order valence-electron chi connectivity index (χ4n) is 2.86. The van der Waals surface area contributed by atoms with Gasteiger partial charge < -0.3 is 10.6 Å². The Morgan fingerprint density at radius 1 is 1.07 bits per heavy atom. The van der Waals surface area contributed by atoms with E-state index in [0.717, 1.165) is 5.69 Å². The summed E-state index contributed by atoms with van der Waals surface area (Å²) in [6.45, 7) is 1.82. The summed E-state index contributed by atoms with van der Waals surface area (Å²) in [4.78, 5) is 25.2. The number of amides is 1. The van der Waals surface area contributed by atoms with E-state index in [2.05, 4.69) is 25.6 Å². The lowest BCUT2D eigenvalue weighted by Gasteiger charge is -2.10. The monoisotopic (exact) mass is 395 g/mol. The van der Waals surface area contributed by atoms with E-state index < -0.39 is 0 Å². The van der Waals surface area contributed by atoms with E-state index in [-0.39, 0.29) is 5.91 Å². The minimum Gasteiger partial charge on any atom is -0.340 e. The maximum absolute atomic E-state index is 12.4. The molecule has 0 saturated carbocycles. The van der Waals surface area contributed by atoms with Gasteiger partial charge in [0.05, 0.1) is 11.6 Å². The number of imidazole rings is 1. The Labute approximate surface area is 172 Å². The first-order chi connectivity index (χ1) is 14.6. The lowest BCUT2D eigenvalue weighted by Crippen LogP contribution is -2.11. The zero-order chi connectivity index (χ0) is 20.9. The maximum atomic E-state index is 12.4. The molecule has 146 valence electrons. The summed E-state index contributed by atoms with van der Waals surface area (Å²) in [6.07, 6.45) is 5.18. The van der Waals surface area contributed by atoms with Gasteiger partial charge in [-0.3, -0.25) is 9.36 Å². The molecule has 2 aromatic heterocycles. The number of aromatic nitrogens is 4. The molecule has 0 spiro atoms. The van der Waals surface area contributed by atoms with Crippen LogP contribution >= 0.6 is 0 Å². The van der Waals surface area contributed by atoms with Crippen LogP contribution in [-0.2, 0) is 0 Å². The Bertz CT molecular complexity index is 1230. The molecule has 0 atom stereocenters. The van der Waals surface area contributed by atoms with Crippen LogP contribution < -0.4 is 10.6 Å². The van der Waals surface area contributed by atoms with Crippen molar-refractivity contribution < 1.29 is 4.79 Å². The molecule has 0 saturated heterocycles. The zero-order valence-corrected chi connectivity index (χ0v) is 16.1. The van der Waals surface area contributed by atoms with Crippen LogP contribution in [-0.4, -0.2) is 25.4 Å². The van der Waals surface area contributed by atoms with Gasteiger partial charge in [-0.2, -0.15) is 5.26 Å². The number of nitrogens with one attached hydrogen (secondary N) is 2. The Kier molecular flexibility index (Phi) is 5.17. The average molecular weight is 395 g/mol. The molecule has 0 aliphatic heterocycles. The third-order valence-electron chi connectivity index (χ3n) is 4.26. The standard InChI is InChI=1S/C22H17N7O/c1-15-25-20(12-21(26-15)29-10-9-24-14-29)27-18-5-7-19(8-6-18)28-22(30)17-4-2-3-16(11-17)13-23/h2-12,14H,1H3,(H,28,30)(H,25,26,27). The summed E-state index contributed by atoms with van der Waals surface area (Å²) in [5, 5.41) is 15.0. The van der Waals surface area contributed by atoms with Gasteiger partial charge in [0.2, 0.25) is 0 Å². The van der Waals surface area contributed by atoms with Crippen LogP contribution in [0.2, 0.25) is 0 Å². The molecule has 2 N–H and O–H groups in total. The molecule has 0 fully saturated rings. The largest absolute Gasteiger partial charge is 0.340 e. The number of nitrogens with zero attached hydrogens (tertiary/aromatic N) is 5. The van der Waals surface area contributed by atoms with E-state index in [1.54, 1.807) is 53.5 Å². The molecular weight excluding hydrogens is 378 g/mol. The van der Waals surface area contributed by atoms with E-state index in [9.17, 15) is 4.79 Å². The topological polar surface area (TPSA) is 109 Å². The highest BCUT2D eigenvalue weighted by molar-refractivity contribution is 6.04. The van der Waals surface area contributed by atoms with Gasteiger partial charge in [-0.15, -0.1) is 0 Å². The van der Waals surface area contributed by atoms with Crippen molar-refractivity contribution in [2.75, 3.05) is 10.6 Å². The van der Waals surface area contributed by atoms with Crippen LogP contribution in [0.3, 0.4) is 0 Å². The van der Waals surface area contributed by atoms with Gasteiger partial charge >= 0.3 is 0 Å². The zero-order valence-electron chi connectivity index (χ0n) is 16.1. The molecule has 30 heavy (non-hydrogen) atoms. The van der Waals surface area contributed by atoms with Gasteiger partial charge in [-0.1, -0.05) is 6.07 Å². The van der Waals surface area contributed by atoms with Crippen molar-refractivity contribution >= 4 is 23.1 Å². The first-order valence-corrected chi connectivity index (χ1v) is 9.13. The maximum Gasteiger partial charge on any atom is 0.255 e. The molecule has 0 aliphatic rings. The molecule has 8 nitrogen and oxygen atoms in total. The van der Waals surface area contributed by atoms with Gasteiger partial charge in [0, 0.05) is 35.4 Å². The van der Waals surface area contributed by atoms with Gasteiger partial charge in [-0.25, -0.2) is 15.0 Å². The highest BCUT2D eigenvalue weighted by Gasteiger charge is 2.08. The van der Waals surface area contributed by atoms with Crippen LogP contribution in [0.25, 0.3) is 5.82 Å². The predicted molar refractivity (Wildman–Crippen MR) is 113 cm³/mol. The molecule has 0 radical (unpaired) electrons. The van der Waals surface area contributed by atoms with E-state index in [0.29, 0.717) is 34.3 Å². The van der Waals surface area contributed by atoms with Crippen molar-refractivity contribution in [3.63, 3.8) is 0 Å². The molecule has 0 bridgehead atoms. The van der Waals surface area contributed by atoms with Gasteiger partial charge in [0.15, 0.2) is 0 Å². The van der Waals surface area contributed by atoms with Crippen molar-refractivity contribution in [3.05, 3.63) is 90.3 Å². The minimum atomic E-state index is -0.274. The Balaban J connectivity index is 1.46. The number of carbonyl (C=O) groups is 1. The van der Waals surface area contributed by atoms with Gasteiger partial charge in [0.25, 0.3) is 5.91 Å². The number of rotatable bonds is 5. The average Bonchev–Trinajstić information content (AvgIpc) is 3.30. The van der Waals surface area contributed by atoms with Crippen molar-refractivity contribution in [1.82, 2.24) is 19.5 Å². The predicted octanol–water partition coefficient (Wildman–Crippen LogP) is 3.84. The van der Waals surface area contributed by atoms with E-state index in [1.165, 1.54) is 0 Å². The summed E-state index contributed by atoms with van der Waals surface area (Å²) < 4.78 is 1.81. The highest BCUT2D eigenvalue weighted by Crippen LogP contribution is 2.20. The first-order valence-electron chi connectivity index (χ1n) is 9.13. The molecule has 8 heteroatoms. The van der Waals surface area contributed by atoms with Gasteiger partial charge in [0.1, 0.15) is 23.8 Å². The van der Waals surface area contributed by atoms with E-state index in [4.69, 9.17) is 5.26 Å². The Hall–Kier alpha value is -4.51. The quantitative estimate of drug-likeness (QED) is 0.531. The second kappa shape index (κ2) is 8.24. The van der Waals surface area contributed by atoms with Crippen LogP contribution in [0.5, 0.6) is 0 Å². The van der Waals surface area contributed by atoms with Crippen molar-refractivity contribution in [2.24, 2.45) is 0 Å². The lowest BCUT2D eigenvalue weighted by molar-refractivity contribution is 0.102. The van der Waals surface area contributed by atoms with Crippen LogP contribution in [0.1, 0.15) is 21.7 Å². The minimum absolute atomic E-state index is 0.274. The van der Waals surface area contributed by atoms with E-state index in [1.807, 2.05) is 37.4 Å². The number of hydrogen-bond donors (Lipinski definition) is 2. The number of hydrogen-bond acceptors (Lipinski definition) is 6. The number of aryl methyl sites for hydroxylation is 1. The lowest BCUT2D eigenvalue weighted by atomic mass is 10.1. The van der Waals surface area contributed by atoms with E-state index >= 15 is 0 Å². The van der Waals surface area contributed by atoms with Crippen molar-refractivity contribution in [2.45, 2.75) is 6.92 Å². The fourth-order valence-corrected chi connectivity index (χ4v) is 2.86. The van der Waals surface area contributed by atoms with Crippen LogP contribution in [0, 0.1) is 18.3 Å². The third kappa shape index (κ3) is 4.31. The van der Waals surface area contributed by atoms with Crippen molar-refractivity contribution in [1.29, 1.82) is 5.26 Å². The molecule has 0 unspecified atom stereocenters. The summed E-state index contributed by atoms with van der Waals surface area (Å²) in [5.41, 5.74) is 2.33. The number of benzene rings is 2. The summed E-state index contributed by atoms with van der Waals surface area (Å²) >= 11 is 0. The molecule has 2 aromatic carbocycles. The molecular formula is C22H17N7O. The Morgan fingerprint density at radius 2 is 1.87 bits per heavy atom. The highest BCUT2D eigenvalue weighted by atomic mass is 16.1. The molecule has 4 rings (SSSR count). The number of carbonyl (C=O) groups excluding carboxylic acids is 1. The Morgan fingerprint density at radius 3 is 2.60 bits per heavy atom. The smallest absolute Gasteiger partial charge is 0.255 e. The second-order valence-corrected chi connectivity index (χ2v) is 6.48. The first kappa shape index (κ1) is 18.8. The van der Waals surface area contributed by atoms with Crippen molar-refractivity contribution in [3.8, 4) is 11.9 Å². The number of anilines is 3.